The molecule has 4 heteroatoms. The fraction of sp³-hybridized carbons (Fsp3) is 0.562. The number of hydrogen-bond donors (Lipinski definition) is 3. The third-order valence-electron chi connectivity index (χ3n) is 3.72. The first-order chi connectivity index (χ1) is 9.47. The quantitative estimate of drug-likeness (QED) is 0.639. The normalized spacial score (nSPS) is 15.4. The molecule has 0 fully saturated rings. The maximum absolute atomic E-state index is 5.97. The van der Waals surface area contributed by atoms with E-state index in [-0.39, 0.29) is 0 Å². The molecule has 1 rings (SSSR count). The minimum Gasteiger partial charge on any atom is -0.401 e. The van der Waals surface area contributed by atoms with Gasteiger partial charge in [0.15, 0.2) is 0 Å². The molecule has 112 valence electrons. The molecule has 20 heavy (non-hydrogen) atoms. The topological polar surface area (TPSA) is 66.7 Å². The monoisotopic (exact) mass is 276 g/mol. The van der Waals surface area contributed by atoms with Crippen LogP contribution in [0.4, 0.5) is 0 Å². The minimum absolute atomic E-state index is 0.418. The Labute approximate surface area is 122 Å². The van der Waals surface area contributed by atoms with E-state index in [0.717, 1.165) is 30.8 Å². The van der Waals surface area contributed by atoms with Gasteiger partial charge in [-0.2, -0.15) is 0 Å². The molecule has 0 radical (unpaired) electrons. The lowest BCUT2D eigenvalue weighted by atomic mass is 9.92. The van der Waals surface area contributed by atoms with Gasteiger partial charge in [0.2, 0.25) is 0 Å². The second-order valence-corrected chi connectivity index (χ2v) is 5.56. The number of allylic oxidation sites excluding steroid dienone is 2. The van der Waals surface area contributed by atoms with E-state index in [0.29, 0.717) is 11.8 Å². The zero-order valence-electron chi connectivity index (χ0n) is 13.2. The van der Waals surface area contributed by atoms with Crippen molar-refractivity contribution in [3.63, 3.8) is 0 Å². The molecule has 0 aliphatic carbocycles. The Hall–Kier alpha value is -1.71. The van der Waals surface area contributed by atoms with Crippen molar-refractivity contribution in [2.75, 3.05) is 6.54 Å². The average Bonchev–Trinajstić information content (AvgIpc) is 2.82. The summed E-state index contributed by atoms with van der Waals surface area (Å²) < 4.78 is 0. The highest BCUT2D eigenvalue weighted by atomic mass is 14.9. The van der Waals surface area contributed by atoms with Gasteiger partial charge in [0.25, 0.3) is 0 Å². The number of aryl methyl sites for hydroxylation is 1. The van der Waals surface area contributed by atoms with Gasteiger partial charge < -0.3 is 16.0 Å². The summed E-state index contributed by atoms with van der Waals surface area (Å²) in [5.74, 6) is 0.879. The first kappa shape index (κ1) is 16.3. The zero-order valence-corrected chi connectivity index (χ0v) is 13.2. The van der Waals surface area contributed by atoms with Crippen LogP contribution in [-0.2, 0) is 0 Å². The summed E-state index contributed by atoms with van der Waals surface area (Å²) in [5.41, 5.74) is 10.3. The molecule has 0 amide bonds. The van der Waals surface area contributed by atoms with Crippen LogP contribution in [0.25, 0.3) is 0 Å². The molecule has 0 saturated carbocycles. The highest BCUT2D eigenvalue weighted by Crippen LogP contribution is 2.25. The van der Waals surface area contributed by atoms with Crippen LogP contribution >= 0.6 is 0 Å². The molecule has 0 aliphatic heterocycles. The number of nitrogens with one attached hydrogen (secondary N) is 2. The lowest BCUT2D eigenvalue weighted by molar-refractivity contribution is 0.503. The van der Waals surface area contributed by atoms with Crippen LogP contribution in [0.3, 0.4) is 0 Å². The first-order valence-corrected chi connectivity index (χ1v) is 7.28. The van der Waals surface area contributed by atoms with Crippen LogP contribution in [0.1, 0.15) is 50.9 Å². The number of aromatic amines is 1. The van der Waals surface area contributed by atoms with Gasteiger partial charge in [-0.25, -0.2) is 4.98 Å². The Morgan fingerprint density at radius 2 is 2.20 bits per heavy atom. The van der Waals surface area contributed by atoms with Gasteiger partial charge in [0.1, 0.15) is 0 Å². The van der Waals surface area contributed by atoms with Crippen molar-refractivity contribution in [3.8, 4) is 0 Å². The number of H-pyrrole nitrogens is 1. The minimum atomic E-state index is 0.418. The van der Waals surface area contributed by atoms with Gasteiger partial charge in [-0.05, 0) is 32.6 Å². The lowest BCUT2D eigenvalue weighted by Gasteiger charge is -2.20. The molecule has 2 atom stereocenters. The Morgan fingerprint density at radius 1 is 1.50 bits per heavy atom. The molecule has 1 aromatic rings. The maximum Gasteiger partial charge on any atom is 0.0925 e. The van der Waals surface area contributed by atoms with E-state index in [9.17, 15) is 0 Å². The van der Waals surface area contributed by atoms with E-state index < -0.39 is 0 Å². The first-order valence-electron chi connectivity index (χ1n) is 7.28. The van der Waals surface area contributed by atoms with Crippen molar-refractivity contribution in [1.29, 1.82) is 0 Å². The number of hydrogen-bond acceptors (Lipinski definition) is 3. The molecular weight excluding hydrogens is 248 g/mol. The van der Waals surface area contributed by atoms with E-state index in [1.807, 2.05) is 13.0 Å². The van der Waals surface area contributed by atoms with Gasteiger partial charge in [0.05, 0.1) is 12.0 Å². The van der Waals surface area contributed by atoms with E-state index in [2.05, 4.69) is 42.6 Å². The summed E-state index contributed by atoms with van der Waals surface area (Å²) in [5, 5.41) is 3.35. The Kier molecular flexibility index (Phi) is 6.36. The molecule has 4 N–H and O–H groups in total. The third-order valence-corrected chi connectivity index (χ3v) is 3.72. The van der Waals surface area contributed by atoms with E-state index in [1.165, 1.54) is 11.4 Å². The van der Waals surface area contributed by atoms with E-state index >= 15 is 0 Å². The van der Waals surface area contributed by atoms with Gasteiger partial charge in [0, 0.05) is 29.6 Å². The Balaban J connectivity index is 2.57. The van der Waals surface area contributed by atoms with Gasteiger partial charge in [-0.15, -0.1) is 6.58 Å². The summed E-state index contributed by atoms with van der Waals surface area (Å²) in [6.07, 6.45) is 5.80. The summed E-state index contributed by atoms with van der Waals surface area (Å²) in [6, 6.07) is 0. The SMILES string of the molecule is C=CCN/C(=C(/C)N)C(C)CCC(C)c1nc[nH]c1C. The number of aromatic nitrogens is 2. The number of imidazole rings is 1. The maximum atomic E-state index is 5.97. The predicted octanol–water partition coefficient (Wildman–Crippen LogP) is 3.20. The standard InChI is InChI=1S/C16H28N4/c1-6-9-18-15(13(4)17)11(2)7-8-12(3)16-14(5)19-10-20-16/h6,10-12,18H,1,7-9,17H2,2-5H3,(H,19,20)/b15-13-. The molecule has 0 saturated heterocycles. The molecule has 0 aliphatic rings. The summed E-state index contributed by atoms with van der Waals surface area (Å²) in [4.78, 5) is 7.54. The number of rotatable bonds is 8. The molecule has 2 unspecified atom stereocenters. The highest BCUT2D eigenvalue weighted by molar-refractivity contribution is 5.14. The van der Waals surface area contributed by atoms with Crippen LogP contribution in [0.5, 0.6) is 0 Å². The third kappa shape index (κ3) is 4.44. The van der Waals surface area contributed by atoms with Crippen molar-refractivity contribution < 1.29 is 0 Å². The van der Waals surface area contributed by atoms with Crippen LogP contribution in [-0.4, -0.2) is 16.5 Å². The summed E-state index contributed by atoms with van der Waals surface area (Å²) in [7, 11) is 0. The Morgan fingerprint density at radius 3 is 2.70 bits per heavy atom. The van der Waals surface area contributed by atoms with Crippen molar-refractivity contribution in [2.24, 2.45) is 11.7 Å². The average molecular weight is 276 g/mol. The van der Waals surface area contributed by atoms with Crippen molar-refractivity contribution in [3.05, 3.63) is 41.8 Å². The van der Waals surface area contributed by atoms with Crippen molar-refractivity contribution >= 4 is 0 Å². The molecule has 1 aromatic heterocycles. The van der Waals surface area contributed by atoms with Gasteiger partial charge >= 0.3 is 0 Å². The van der Waals surface area contributed by atoms with Gasteiger partial charge in [-0.1, -0.05) is 19.9 Å². The predicted molar refractivity (Wildman–Crippen MR) is 85.2 cm³/mol. The molecule has 0 bridgehead atoms. The van der Waals surface area contributed by atoms with Crippen LogP contribution < -0.4 is 11.1 Å². The van der Waals surface area contributed by atoms with E-state index in [4.69, 9.17) is 5.73 Å². The van der Waals surface area contributed by atoms with Crippen molar-refractivity contribution in [2.45, 2.75) is 46.5 Å². The van der Waals surface area contributed by atoms with Crippen LogP contribution in [0.2, 0.25) is 0 Å². The fourth-order valence-electron chi connectivity index (χ4n) is 2.53. The lowest BCUT2D eigenvalue weighted by Crippen LogP contribution is -2.23. The smallest absolute Gasteiger partial charge is 0.0925 e. The van der Waals surface area contributed by atoms with Crippen LogP contribution in [0, 0.1) is 12.8 Å². The molecular formula is C16H28N4. The zero-order chi connectivity index (χ0) is 15.1. The van der Waals surface area contributed by atoms with Crippen LogP contribution in [0.15, 0.2) is 30.4 Å². The van der Waals surface area contributed by atoms with Gasteiger partial charge in [-0.3, -0.25) is 0 Å². The summed E-state index contributed by atoms with van der Waals surface area (Å²) >= 11 is 0. The number of nitrogens with two attached hydrogens (primary N) is 1. The second kappa shape index (κ2) is 7.78. The van der Waals surface area contributed by atoms with E-state index in [1.54, 1.807) is 6.33 Å². The fourth-order valence-corrected chi connectivity index (χ4v) is 2.53. The molecule has 0 aromatic carbocycles. The van der Waals surface area contributed by atoms with Crippen molar-refractivity contribution in [1.82, 2.24) is 15.3 Å². The highest BCUT2D eigenvalue weighted by Gasteiger charge is 2.15. The number of nitrogens with zero attached hydrogens (tertiary/aromatic N) is 1. The molecule has 4 nitrogen and oxygen atoms in total. The molecule has 1 heterocycles. The largest absolute Gasteiger partial charge is 0.401 e. The Bertz CT molecular complexity index is 455. The second-order valence-electron chi connectivity index (χ2n) is 5.56. The summed E-state index contributed by atoms with van der Waals surface area (Å²) in [6.45, 7) is 12.9. The molecule has 0 spiro atoms.